The number of amides is 1. The third-order valence-corrected chi connectivity index (χ3v) is 3.21. The van der Waals surface area contributed by atoms with Crippen LogP contribution in [0.5, 0.6) is 0 Å². The number of anilines is 1. The Bertz CT molecular complexity index is 501. The van der Waals surface area contributed by atoms with E-state index in [2.05, 4.69) is 10.6 Å². The highest BCUT2D eigenvalue weighted by molar-refractivity contribution is 5.92. The Morgan fingerprint density at radius 1 is 1.33 bits per heavy atom. The zero-order valence-electron chi connectivity index (χ0n) is 11.0. The molecule has 1 heterocycles. The van der Waals surface area contributed by atoms with Crippen LogP contribution in [-0.2, 0) is 11.0 Å². The summed E-state index contributed by atoms with van der Waals surface area (Å²) in [6.07, 6.45) is -3.25. The second-order valence-electron chi connectivity index (χ2n) is 4.72. The van der Waals surface area contributed by atoms with Gasteiger partial charge >= 0.3 is 6.18 Å². The first kappa shape index (κ1) is 17.7. The number of alkyl halides is 3. The van der Waals surface area contributed by atoms with E-state index in [4.69, 9.17) is 0 Å². The van der Waals surface area contributed by atoms with Crippen molar-refractivity contribution in [3.8, 4) is 0 Å². The molecule has 0 unspecified atom stereocenters. The summed E-state index contributed by atoms with van der Waals surface area (Å²) < 4.78 is 50.8. The molecule has 1 aliphatic heterocycles. The summed E-state index contributed by atoms with van der Waals surface area (Å²) in [5, 5.41) is 5.45. The smallest absolute Gasteiger partial charge is 0.326 e. The molecule has 1 amide bonds. The molecule has 1 saturated heterocycles. The Morgan fingerprint density at radius 2 is 2.05 bits per heavy atom. The molecule has 0 spiro atoms. The van der Waals surface area contributed by atoms with Gasteiger partial charge in [0.25, 0.3) is 0 Å². The summed E-state index contributed by atoms with van der Waals surface area (Å²) in [6, 6.07) is 2.44. The molecule has 8 heteroatoms. The third-order valence-electron chi connectivity index (χ3n) is 3.21. The van der Waals surface area contributed by atoms with Gasteiger partial charge in [0.2, 0.25) is 5.91 Å². The minimum atomic E-state index is -4.78. The van der Waals surface area contributed by atoms with Gasteiger partial charge in [-0.1, -0.05) is 0 Å². The van der Waals surface area contributed by atoms with Crippen molar-refractivity contribution in [2.45, 2.75) is 19.0 Å². The summed E-state index contributed by atoms with van der Waals surface area (Å²) in [4.78, 5) is 11.9. The summed E-state index contributed by atoms with van der Waals surface area (Å²) in [7, 11) is 0. The van der Waals surface area contributed by atoms with Gasteiger partial charge in [-0.15, -0.1) is 12.4 Å². The number of carbonyl (C=O) groups excluding carboxylic acids is 1. The standard InChI is InChI=1S/C13H14F4N2O.ClH/c14-11-4-3-9(6-10(11)13(15,16)17)19-12(20)8-2-1-5-18-7-8;/h3-4,6,8,18H,1-2,5,7H2,(H,19,20);1H/t8-;/m1./s1. The van der Waals surface area contributed by atoms with Crippen LogP contribution in [0, 0.1) is 11.7 Å². The van der Waals surface area contributed by atoms with Crippen LogP contribution >= 0.6 is 12.4 Å². The molecule has 3 nitrogen and oxygen atoms in total. The van der Waals surface area contributed by atoms with Crippen LogP contribution in [0.4, 0.5) is 23.2 Å². The van der Waals surface area contributed by atoms with Gasteiger partial charge in [0.15, 0.2) is 0 Å². The Kier molecular flexibility index (Phi) is 5.98. The van der Waals surface area contributed by atoms with Gasteiger partial charge in [-0.25, -0.2) is 4.39 Å². The van der Waals surface area contributed by atoms with Gasteiger partial charge in [-0.2, -0.15) is 13.2 Å². The molecule has 21 heavy (non-hydrogen) atoms. The second kappa shape index (κ2) is 7.09. The van der Waals surface area contributed by atoms with E-state index in [1.165, 1.54) is 0 Å². The number of hydrogen-bond acceptors (Lipinski definition) is 2. The van der Waals surface area contributed by atoms with E-state index in [1.807, 2.05) is 0 Å². The summed E-state index contributed by atoms with van der Waals surface area (Å²) in [6.45, 7) is 1.33. The molecular weight excluding hydrogens is 312 g/mol. The molecular formula is C13H15ClF4N2O. The van der Waals surface area contributed by atoms with Crippen molar-refractivity contribution >= 4 is 24.0 Å². The fourth-order valence-corrected chi connectivity index (χ4v) is 2.14. The average Bonchev–Trinajstić information content (AvgIpc) is 2.40. The number of halogens is 5. The predicted octanol–water partition coefficient (Wildman–Crippen LogP) is 3.20. The number of piperidine rings is 1. The summed E-state index contributed by atoms with van der Waals surface area (Å²) in [5.74, 6) is -1.98. The zero-order valence-corrected chi connectivity index (χ0v) is 11.8. The zero-order chi connectivity index (χ0) is 14.8. The fourth-order valence-electron chi connectivity index (χ4n) is 2.14. The van der Waals surface area contributed by atoms with Crippen molar-refractivity contribution in [2.24, 2.45) is 5.92 Å². The maximum absolute atomic E-state index is 13.1. The Labute approximate surface area is 125 Å². The third kappa shape index (κ3) is 4.57. The molecule has 0 saturated carbocycles. The van der Waals surface area contributed by atoms with Crippen molar-refractivity contribution in [3.63, 3.8) is 0 Å². The summed E-state index contributed by atoms with van der Waals surface area (Å²) in [5.41, 5.74) is -1.42. The monoisotopic (exact) mass is 326 g/mol. The molecule has 1 atom stereocenters. The number of carbonyl (C=O) groups is 1. The lowest BCUT2D eigenvalue weighted by Crippen LogP contribution is -2.37. The molecule has 0 aromatic heterocycles. The van der Waals surface area contributed by atoms with Crippen LogP contribution in [0.25, 0.3) is 0 Å². The Balaban J connectivity index is 0.00000220. The van der Waals surface area contributed by atoms with Crippen molar-refractivity contribution in [3.05, 3.63) is 29.6 Å². The van der Waals surface area contributed by atoms with E-state index in [1.54, 1.807) is 0 Å². The average molecular weight is 327 g/mol. The number of rotatable bonds is 2. The molecule has 1 fully saturated rings. The number of hydrogen-bond donors (Lipinski definition) is 2. The molecule has 2 rings (SSSR count). The van der Waals surface area contributed by atoms with Crippen LogP contribution in [0.2, 0.25) is 0 Å². The van der Waals surface area contributed by atoms with Gasteiger partial charge in [-0.3, -0.25) is 4.79 Å². The van der Waals surface area contributed by atoms with E-state index in [0.717, 1.165) is 19.0 Å². The van der Waals surface area contributed by atoms with Gasteiger partial charge in [-0.05, 0) is 37.6 Å². The van der Waals surface area contributed by atoms with Crippen LogP contribution in [0.15, 0.2) is 18.2 Å². The largest absolute Gasteiger partial charge is 0.419 e. The summed E-state index contributed by atoms with van der Waals surface area (Å²) >= 11 is 0. The van der Waals surface area contributed by atoms with E-state index >= 15 is 0 Å². The highest BCUT2D eigenvalue weighted by Crippen LogP contribution is 2.33. The lowest BCUT2D eigenvalue weighted by atomic mass is 9.98. The maximum Gasteiger partial charge on any atom is 0.419 e. The molecule has 1 aliphatic rings. The highest BCUT2D eigenvalue weighted by Gasteiger charge is 2.34. The highest BCUT2D eigenvalue weighted by atomic mass is 35.5. The molecule has 1 aromatic rings. The lowest BCUT2D eigenvalue weighted by Gasteiger charge is -2.22. The van der Waals surface area contributed by atoms with E-state index in [9.17, 15) is 22.4 Å². The van der Waals surface area contributed by atoms with E-state index in [-0.39, 0.29) is 29.9 Å². The van der Waals surface area contributed by atoms with E-state index < -0.39 is 17.6 Å². The van der Waals surface area contributed by atoms with Crippen LogP contribution in [-0.4, -0.2) is 19.0 Å². The van der Waals surface area contributed by atoms with Crippen LogP contribution in [0.1, 0.15) is 18.4 Å². The Morgan fingerprint density at radius 3 is 2.62 bits per heavy atom. The van der Waals surface area contributed by atoms with Crippen LogP contribution in [0.3, 0.4) is 0 Å². The first-order chi connectivity index (χ1) is 9.38. The van der Waals surface area contributed by atoms with Crippen molar-refractivity contribution in [2.75, 3.05) is 18.4 Å². The van der Waals surface area contributed by atoms with Crippen molar-refractivity contribution in [1.29, 1.82) is 0 Å². The predicted molar refractivity (Wildman–Crippen MR) is 72.9 cm³/mol. The molecule has 1 aromatic carbocycles. The molecule has 0 bridgehead atoms. The molecule has 118 valence electrons. The van der Waals surface area contributed by atoms with E-state index in [0.29, 0.717) is 25.1 Å². The first-order valence-corrected chi connectivity index (χ1v) is 6.26. The normalized spacial score (nSPS) is 18.8. The minimum absolute atomic E-state index is 0. The SMILES string of the molecule is Cl.O=C(Nc1ccc(F)c(C(F)(F)F)c1)[C@@H]1CCCNC1. The number of benzene rings is 1. The maximum atomic E-state index is 13.1. The van der Waals surface area contributed by atoms with Crippen LogP contribution < -0.4 is 10.6 Å². The molecule has 0 aliphatic carbocycles. The van der Waals surface area contributed by atoms with Crippen molar-refractivity contribution < 1.29 is 22.4 Å². The second-order valence-corrected chi connectivity index (χ2v) is 4.72. The van der Waals surface area contributed by atoms with Gasteiger partial charge in [0, 0.05) is 12.2 Å². The van der Waals surface area contributed by atoms with Crippen molar-refractivity contribution in [1.82, 2.24) is 5.32 Å². The van der Waals surface area contributed by atoms with Gasteiger partial charge in [0.05, 0.1) is 11.5 Å². The Hall–Kier alpha value is -1.34. The lowest BCUT2D eigenvalue weighted by molar-refractivity contribution is -0.140. The molecule has 0 radical (unpaired) electrons. The van der Waals surface area contributed by atoms with Gasteiger partial charge < -0.3 is 10.6 Å². The quantitative estimate of drug-likeness (QED) is 0.819. The minimum Gasteiger partial charge on any atom is -0.326 e. The first-order valence-electron chi connectivity index (χ1n) is 6.26. The fraction of sp³-hybridized carbons (Fsp3) is 0.462. The topological polar surface area (TPSA) is 41.1 Å². The number of nitrogens with one attached hydrogen (secondary N) is 2. The molecule has 2 N–H and O–H groups in total. The van der Waals surface area contributed by atoms with Gasteiger partial charge in [0.1, 0.15) is 5.82 Å².